The average Bonchev–Trinajstić information content (AvgIpc) is 3.49. The number of aromatic amines is 2. The number of H-pyrrole nitrogens is 2. The predicted octanol–water partition coefficient (Wildman–Crippen LogP) is 6.26. The third-order valence-electron chi connectivity index (χ3n) is 5.79. The number of benzene rings is 3. The molecule has 0 saturated heterocycles. The number of Topliss-reactive ketones (excluding diaryl/α,β-unsaturated/α-hetero) is 1. The normalized spacial score (nSPS) is 11.7. The van der Waals surface area contributed by atoms with Crippen molar-refractivity contribution in [3.8, 4) is 17.2 Å². The maximum Gasteiger partial charge on any atom is 0.203 e. The van der Waals surface area contributed by atoms with E-state index in [1.807, 2.05) is 54.7 Å². The number of imidazole rings is 1. The van der Waals surface area contributed by atoms with E-state index in [0.29, 0.717) is 34.2 Å². The molecule has 0 aliphatic rings. The lowest BCUT2D eigenvalue weighted by Crippen LogP contribution is -2.06. The fourth-order valence-electron chi connectivity index (χ4n) is 4.08. The summed E-state index contributed by atoms with van der Waals surface area (Å²) in [5, 5.41) is 0.977. The van der Waals surface area contributed by atoms with Crippen LogP contribution in [0, 0.1) is 0 Å². The summed E-state index contributed by atoms with van der Waals surface area (Å²) >= 11 is 3.54. The number of ether oxygens (including phenoxy) is 3. The second-order valence-corrected chi connectivity index (χ2v) is 8.75. The molecule has 0 radical (unpaired) electrons. The van der Waals surface area contributed by atoms with Crippen LogP contribution in [0.4, 0.5) is 0 Å². The highest BCUT2D eigenvalue weighted by molar-refractivity contribution is 9.10. The molecule has 2 aromatic heterocycles. The number of methoxy groups -OCH3 is 3. The zero-order valence-corrected chi connectivity index (χ0v) is 20.9. The van der Waals surface area contributed by atoms with Crippen molar-refractivity contribution >= 4 is 55.3 Å². The van der Waals surface area contributed by atoms with Gasteiger partial charge in [0, 0.05) is 32.7 Å². The van der Waals surface area contributed by atoms with Crippen molar-refractivity contribution in [1.29, 1.82) is 0 Å². The predicted molar refractivity (Wildman–Crippen MR) is 140 cm³/mol. The Morgan fingerprint density at radius 3 is 2.37 bits per heavy atom. The van der Waals surface area contributed by atoms with Crippen LogP contribution < -0.4 is 14.2 Å². The number of hydrogen-bond acceptors (Lipinski definition) is 5. The van der Waals surface area contributed by atoms with Gasteiger partial charge in [-0.2, -0.15) is 0 Å². The lowest BCUT2D eigenvalue weighted by molar-refractivity contribution is 0.105. The molecular weight excluding hydrogens is 510 g/mol. The van der Waals surface area contributed by atoms with Gasteiger partial charge in [0.1, 0.15) is 5.82 Å². The van der Waals surface area contributed by atoms with Gasteiger partial charge in [-0.25, -0.2) is 4.98 Å². The Hall–Kier alpha value is -4.04. The largest absolute Gasteiger partial charge is 0.493 e. The summed E-state index contributed by atoms with van der Waals surface area (Å²) in [4.78, 5) is 25.2. The van der Waals surface area contributed by atoms with Gasteiger partial charge in [0.05, 0.1) is 37.9 Å². The molecule has 0 amide bonds. The van der Waals surface area contributed by atoms with E-state index in [-0.39, 0.29) is 5.78 Å². The lowest BCUT2D eigenvalue weighted by atomic mass is 9.99. The second-order valence-electron chi connectivity index (χ2n) is 7.84. The Morgan fingerprint density at radius 2 is 1.69 bits per heavy atom. The number of allylic oxidation sites excluding steroid dienone is 1. The van der Waals surface area contributed by atoms with Crippen molar-refractivity contribution in [2.24, 2.45) is 0 Å². The number of carbonyl (C=O) groups is 1. The molecule has 3 aromatic carbocycles. The van der Waals surface area contributed by atoms with E-state index in [0.717, 1.165) is 32.0 Å². The van der Waals surface area contributed by atoms with Gasteiger partial charge in [0.2, 0.25) is 5.75 Å². The van der Waals surface area contributed by atoms with Gasteiger partial charge in [0.15, 0.2) is 17.3 Å². The number of halogens is 1. The van der Waals surface area contributed by atoms with Crippen LogP contribution in [-0.4, -0.2) is 42.1 Å². The highest BCUT2D eigenvalue weighted by atomic mass is 79.9. The molecule has 0 spiro atoms. The van der Waals surface area contributed by atoms with Crippen molar-refractivity contribution in [2.45, 2.75) is 0 Å². The summed E-state index contributed by atoms with van der Waals surface area (Å²) in [5.74, 6) is 1.44. The van der Waals surface area contributed by atoms with Gasteiger partial charge < -0.3 is 24.2 Å². The molecule has 35 heavy (non-hydrogen) atoms. The van der Waals surface area contributed by atoms with Gasteiger partial charge in [-0.15, -0.1) is 0 Å². The van der Waals surface area contributed by atoms with Gasteiger partial charge in [-0.1, -0.05) is 28.1 Å². The fourth-order valence-corrected chi connectivity index (χ4v) is 4.44. The van der Waals surface area contributed by atoms with Gasteiger partial charge >= 0.3 is 0 Å². The van der Waals surface area contributed by atoms with Crippen molar-refractivity contribution in [2.75, 3.05) is 21.3 Å². The molecule has 5 rings (SSSR count). The molecule has 0 aliphatic carbocycles. The van der Waals surface area contributed by atoms with Crippen molar-refractivity contribution in [3.05, 3.63) is 82.2 Å². The SMILES string of the molecule is COc1cc(C(=O)C(=Cc2c[nH]c3ccc(Br)cc23)c2nc3ccccc3[nH]2)cc(OC)c1OC. The Kier molecular flexibility index (Phi) is 6.05. The van der Waals surface area contributed by atoms with E-state index in [4.69, 9.17) is 19.2 Å². The highest BCUT2D eigenvalue weighted by Crippen LogP contribution is 2.39. The van der Waals surface area contributed by atoms with Gasteiger partial charge in [-0.05, 0) is 48.5 Å². The van der Waals surface area contributed by atoms with Crippen LogP contribution in [0.1, 0.15) is 21.7 Å². The monoisotopic (exact) mass is 531 g/mol. The minimum atomic E-state index is -0.243. The minimum Gasteiger partial charge on any atom is -0.493 e. The molecule has 0 aliphatic heterocycles. The summed E-state index contributed by atoms with van der Waals surface area (Å²) in [6.45, 7) is 0. The number of nitrogens with zero attached hydrogens (tertiary/aromatic N) is 1. The molecule has 5 aromatic rings. The Labute approximate surface area is 209 Å². The van der Waals surface area contributed by atoms with Crippen LogP contribution in [0.5, 0.6) is 17.2 Å². The van der Waals surface area contributed by atoms with Crippen LogP contribution in [0.2, 0.25) is 0 Å². The second kappa shape index (κ2) is 9.31. The molecule has 8 heteroatoms. The zero-order chi connectivity index (χ0) is 24.5. The number of carbonyl (C=O) groups excluding carboxylic acids is 1. The number of aromatic nitrogens is 3. The molecule has 2 N–H and O–H groups in total. The van der Waals surface area contributed by atoms with Crippen LogP contribution in [-0.2, 0) is 0 Å². The number of rotatable bonds is 7. The molecule has 0 bridgehead atoms. The number of para-hydroxylation sites is 2. The van der Waals surface area contributed by atoms with E-state index >= 15 is 0 Å². The minimum absolute atomic E-state index is 0.243. The number of nitrogens with one attached hydrogen (secondary N) is 2. The quantitative estimate of drug-likeness (QED) is 0.191. The maximum atomic E-state index is 14.0. The summed E-state index contributed by atoms with van der Waals surface area (Å²) < 4.78 is 17.3. The molecule has 0 saturated carbocycles. The summed E-state index contributed by atoms with van der Waals surface area (Å²) in [6, 6.07) is 16.9. The Balaban J connectivity index is 1.72. The summed E-state index contributed by atoms with van der Waals surface area (Å²) in [5.41, 5.74) is 4.21. The van der Waals surface area contributed by atoms with Crippen molar-refractivity contribution in [3.63, 3.8) is 0 Å². The number of fused-ring (bicyclic) bond motifs is 2. The third-order valence-corrected chi connectivity index (χ3v) is 6.28. The zero-order valence-electron chi connectivity index (χ0n) is 19.3. The summed E-state index contributed by atoms with van der Waals surface area (Å²) in [7, 11) is 4.56. The number of ketones is 1. The van der Waals surface area contributed by atoms with E-state index in [1.54, 1.807) is 12.1 Å². The first-order valence-electron chi connectivity index (χ1n) is 10.8. The Bertz CT molecular complexity index is 1540. The molecule has 0 fully saturated rings. The fraction of sp³-hybridized carbons (Fsp3) is 0.111. The molecule has 7 nitrogen and oxygen atoms in total. The van der Waals surface area contributed by atoms with Crippen LogP contribution in [0.3, 0.4) is 0 Å². The molecule has 0 unspecified atom stereocenters. The topological polar surface area (TPSA) is 89.2 Å². The number of hydrogen-bond donors (Lipinski definition) is 2. The van der Waals surface area contributed by atoms with Gasteiger partial charge in [-0.3, -0.25) is 4.79 Å². The van der Waals surface area contributed by atoms with E-state index in [2.05, 4.69) is 25.9 Å². The standard InChI is InChI=1S/C27H22BrN3O4/c1-33-23-11-15(12-24(34-2)26(23)35-3)25(32)19(27-30-21-6-4-5-7-22(21)31-27)10-16-14-29-20-9-8-17(28)13-18(16)20/h4-14,29H,1-3H3,(H,30,31). The highest BCUT2D eigenvalue weighted by Gasteiger charge is 2.23. The first-order valence-corrected chi connectivity index (χ1v) is 11.6. The smallest absolute Gasteiger partial charge is 0.203 e. The van der Waals surface area contributed by atoms with Crippen LogP contribution in [0.15, 0.2) is 65.3 Å². The van der Waals surface area contributed by atoms with E-state index < -0.39 is 0 Å². The molecule has 176 valence electrons. The molecular formula is C27H22BrN3O4. The third kappa shape index (κ3) is 4.17. The molecule has 0 atom stereocenters. The van der Waals surface area contributed by atoms with Crippen LogP contribution in [0.25, 0.3) is 33.6 Å². The van der Waals surface area contributed by atoms with Gasteiger partial charge in [0.25, 0.3) is 0 Å². The van der Waals surface area contributed by atoms with Crippen molar-refractivity contribution in [1.82, 2.24) is 15.0 Å². The lowest BCUT2D eigenvalue weighted by Gasteiger charge is -2.14. The first-order chi connectivity index (χ1) is 17.0. The van der Waals surface area contributed by atoms with Crippen molar-refractivity contribution < 1.29 is 19.0 Å². The van der Waals surface area contributed by atoms with E-state index in [1.165, 1.54) is 21.3 Å². The molecule has 2 heterocycles. The van der Waals surface area contributed by atoms with E-state index in [9.17, 15) is 4.79 Å². The Morgan fingerprint density at radius 1 is 0.943 bits per heavy atom. The maximum absolute atomic E-state index is 14.0. The van der Waals surface area contributed by atoms with Crippen LogP contribution >= 0.6 is 15.9 Å². The summed E-state index contributed by atoms with van der Waals surface area (Å²) in [6.07, 6.45) is 3.72. The average molecular weight is 532 g/mol. The first kappa shape index (κ1) is 22.7.